The van der Waals surface area contributed by atoms with E-state index in [1.54, 1.807) is 0 Å². The highest BCUT2D eigenvalue weighted by molar-refractivity contribution is 5.66. The van der Waals surface area contributed by atoms with Crippen LogP contribution in [0.15, 0.2) is 18.2 Å². The zero-order valence-corrected chi connectivity index (χ0v) is 12.0. The highest BCUT2D eigenvalue weighted by Gasteiger charge is 2.21. The molecule has 1 aromatic heterocycles. The highest BCUT2D eigenvalue weighted by atomic mass is 16.5. The van der Waals surface area contributed by atoms with Crippen molar-refractivity contribution in [2.75, 3.05) is 12.3 Å². The molecule has 1 unspecified atom stereocenters. The molecule has 1 aliphatic heterocycles. The number of anilines is 1. The van der Waals surface area contributed by atoms with Gasteiger partial charge in [-0.1, -0.05) is 6.92 Å². The number of benzene rings is 1. The molecule has 0 saturated carbocycles. The van der Waals surface area contributed by atoms with Gasteiger partial charge in [0.05, 0.1) is 12.3 Å². The van der Waals surface area contributed by atoms with Gasteiger partial charge in [-0.25, -0.2) is 9.67 Å². The Kier molecular flexibility index (Phi) is 3.34. The molecule has 0 aliphatic carbocycles. The second-order valence-electron chi connectivity index (χ2n) is 5.25. The van der Waals surface area contributed by atoms with Gasteiger partial charge in [0, 0.05) is 18.0 Å². The number of nitrogen functional groups attached to an aromatic ring is 1. The minimum absolute atomic E-state index is 0.477. The molecule has 0 spiro atoms. The van der Waals surface area contributed by atoms with Crippen molar-refractivity contribution in [1.82, 2.24) is 14.8 Å². The maximum Gasteiger partial charge on any atom is 0.181 e. The van der Waals surface area contributed by atoms with E-state index < -0.39 is 0 Å². The Bertz CT molecular complexity index is 620. The number of rotatable bonds is 3. The summed E-state index contributed by atoms with van der Waals surface area (Å²) in [6.07, 6.45) is 2.35. The summed E-state index contributed by atoms with van der Waals surface area (Å²) in [4.78, 5) is 4.67. The third-order valence-corrected chi connectivity index (χ3v) is 3.72. The van der Waals surface area contributed by atoms with Crippen LogP contribution in [0.5, 0.6) is 5.75 Å². The van der Waals surface area contributed by atoms with Crippen molar-refractivity contribution < 1.29 is 4.74 Å². The molecular weight excluding hydrogens is 252 g/mol. The number of hydrogen-bond acceptors (Lipinski definition) is 4. The van der Waals surface area contributed by atoms with Crippen molar-refractivity contribution in [3.63, 3.8) is 0 Å². The van der Waals surface area contributed by atoms with Crippen molar-refractivity contribution in [3.8, 4) is 17.1 Å². The standard InChI is InChI=1S/C15H20N4O/c1-3-20-13-7-6-11(9-12(13)16)14-17-15-10(2)5-4-8-19(15)18-14/h6-7,9-10H,3-5,8,16H2,1-2H3. The van der Waals surface area contributed by atoms with E-state index in [1.165, 1.54) is 12.8 Å². The first-order valence-corrected chi connectivity index (χ1v) is 7.16. The van der Waals surface area contributed by atoms with E-state index in [2.05, 4.69) is 17.0 Å². The largest absolute Gasteiger partial charge is 0.492 e. The van der Waals surface area contributed by atoms with Crippen molar-refractivity contribution >= 4 is 5.69 Å². The van der Waals surface area contributed by atoms with Crippen molar-refractivity contribution in [2.24, 2.45) is 0 Å². The van der Waals surface area contributed by atoms with Gasteiger partial charge in [0.15, 0.2) is 5.82 Å². The van der Waals surface area contributed by atoms with Crippen LogP contribution in [0.25, 0.3) is 11.4 Å². The van der Waals surface area contributed by atoms with Crippen LogP contribution in [0.1, 0.15) is 38.4 Å². The zero-order chi connectivity index (χ0) is 14.1. The molecule has 20 heavy (non-hydrogen) atoms. The van der Waals surface area contributed by atoms with Crippen LogP contribution >= 0.6 is 0 Å². The van der Waals surface area contributed by atoms with E-state index >= 15 is 0 Å². The third kappa shape index (κ3) is 2.24. The fourth-order valence-electron chi connectivity index (χ4n) is 2.66. The van der Waals surface area contributed by atoms with Gasteiger partial charge in [-0.3, -0.25) is 0 Å². The molecule has 2 heterocycles. The number of fused-ring (bicyclic) bond motifs is 1. The highest BCUT2D eigenvalue weighted by Crippen LogP contribution is 2.30. The first-order valence-electron chi connectivity index (χ1n) is 7.16. The smallest absolute Gasteiger partial charge is 0.181 e. The molecule has 3 rings (SSSR count). The topological polar surface area (TPSA) is 66.0 Å². The Morgan fingerprint density at radius 3 is 3.00 bits per heavy atom. The summed E-state index contributed by atoms with van der Waals surface area (Å²) in [6, 6.07) is 5.74. The van der Waals surface area contributed by atoms with E-state index in [1.807, 2.05) is 29.8 Å². The molecule has 1 aliphatic rings. The molecule has 1 aromatic carbocycles. The summed E-state index contributed by atoms with van der Waals surface area (Å²) >= 11 is 0. The number of aromatic nitrogens is 3. The van der Waals surface area contributed by atoms with Crippen molar-refractivity contribution in [1.29, 1.82) is 0 Å². The van der Waals surface area contributed by atoms with E-state index in [4.69, 9.17) is 10.5 Å². The SMILES string of the molecule is CCOc1ccc(-c2nc3n(n2)CCCC3C)cc1N. The van der Waals surface area contributed by atoms with Crippen LogP contribution in [0, 0.1) is 0 Å². The summed E-state index contributed by atoms with van der Waals surface area (Å²) < 4.78 is 7.48. The molecular formula is C15H20N4O. The van der Waals surface area contributed by atoms with Crippen LogP contribution in [-0.4, -0.2) is 21.4 Å². The minimum Gasteiger partial charge on any atom is -0.492 e. The summed E-state index contributed by atoms with van der Waals surface area (Å²) in [7, 11) is 0. The van der Waals surface area contributed by atoms with Gasteiger partial charge in [0.25, 0.3) is 0 Å². The van der Waals surface area contributed by atoms with E-state index in [0.717, 1.165) is 23.8 Å². The summed E-state index contributed by atoms with van der Waals surface area (Å²) in [5, 5.41) is 4.60. The third-order valence-electron chi connectivity index (χ3n) is 3.72. The summed E-state index contributed by atoms with van der Waals surface area (Å²) in [5.41, 5.74) is 7.58. The van der Waals surface area contributed by atoms with Gasteiger partial charge in [-0.2, -0.15) is 5.10 Å². The zero-order valence-electron chi connectivity index (χ0n) is 12.0. The Hall–Kier alpha value is -2.04. The van der Waals surface area contributed by atoms with Crippen LogP contribution in [0.4, 0.5) is 5.69 Å². The average molecular weight is 272 g/mol. The van der Waals surface area contributed by atoms with E-state index in [-0.39, 0.29) is 0 Å². The van der Waals surface area contributed by atoms with Gasteiger partial charge in [0.1, 0.15) is 11.6 Å². The number of hydrogen-bond donors (Lipinski definition) is 1. The van der Waals surface area contributed by atoms with Gasteiger partial charge < -0.3 is 10.5 Å². The van der Waals surface area contributed by atoms with Gasteiger partial charge in [-0.15, -0.1) is 0 Å². The van der Waals surface area contributed by atoms with Crippen molar-refractivity contribution in [3.05, 3.63) is 24.0 Å². The fourth-order valence-corrected chi connectivity index (χ4v) is 2.66. The molecule has 0 fully saturated rings. The first kappa shape index (κ1) is 13.0. The molecule has 0 saturated heterocycles. The lowest BCUT2D eigenvalue weighted by atomic mass is 10.0. The maximum atomic E-state index is 6.01. The Morgan fingerprint density at radius 1 is 1.45 bits per heavy atom. The molecule has 106 valence electrons. The summed E-state index contributed by atoms with van der Waals surface area (Å²) in [6.45, 7) is 5.72. The Balaban J connectivity index is 1.95. The quantitative estimate of drug-likeness (QED) is 0.872. The van der Waals surface area contributed by atoms with E-state index in [0.29, 0.717) is 24.0 Å². The molecule has 0 amide bonds. The minimum atomic E-state index is 0.477. The van der Waals surface area contributed by atoms with Crippen LogP contribution < -0.4 is 10.5 Å². The van der Waals surface area contributed by atoms with Crippen LogP contribution in [0.3, 0.4) is 0 Å². The average Bonchev–Trinajstić information content (AvgIpc) is 2.87. The molecule has 0 radical (unpaired) electrons. The molecule has 5 heteroatoms. The number of aryl methyl sites for hydroxylation is 1. The normalized spacial score (nSPS) is 17.8. The predicted molar refractivity (Wildman–Crippen MR) is 78.7 cm³/mol. The van der Waals surface area contributed by atoms with Gasteiger partial charge in [0.2, 0.25) is 0 Å². The lowest BCUT2D eigenvalue weighted by Crippen LogP contribution is -2.14. The van der Waals surface area contributed by atoms with Crippen molar-refractivity contribution in [2.45, 2.75) is 39.2 Å². The van der Waals surface area contributed by atoms with E-state index in [9.17, 15) is 0 Å². The molecule has 5 nitrogen and oxygen atoms in total. The number of nitrogens with two attached hydrogens (primary N) is 1. The second kappa shape index (κ2) is 5.15. The summed E-state index contributed by atoms with van der Waals surface area (Å²) in [5.74, 6) is 3.03. The molecule has 1 atom stereocenters. The molecule has 2 N–H and O–H groups in total. The predicted octanol–water partition coefficient (Wildman–Crippen LogP) is 2.82. The number of ether oxygens (including phenoxy) is 1. The molecule has 2 aromatic rings. The second-order valence-corrected chi connectivity index (χ2v) is 5.25. The van der Waals surface area contributed by atoms with Crippen LogP contribution in [0.2, 0.25) is 0 Å². The van der Waals surface area contributed by atoms with Gasteiger partial charge >= 0.3 is 0 Å². The number of nitrogens with zero attached hydrogens (tertiary/aromatic N) is 3. The van der Waals surface area contributed by atoms with Crippen LogP contribution in [-0.2, 0) is 6.54 Å². The lowest BCUT2D eigenvalue weighted by molar-refractivity contribution is 0.342. The Morgan fingerprint density at radius 2 is 2.30 bits per heavy atom. The lowest BCUT2D eigenvalue weighted by Gasteiger charge is -2.17. The maximum absolute atomic E-state index is 6.01. The monoisotopic (exact) mass is 272 g/mol. The fraction of sp³-hybridized carbons (Fsp3) is 0.467. The first-order chi connectivity index (χ1) is 9.69. The molecule has 0 bridgehead atoms. The van der Waals surface area contributed by atoms with Gasteiger partial charge in [-0.05, 0) is 38.0 Å². The Labute approximate surface area is 118 Å².